The Balaban J connectivity index is 2.07. The molecule has 2 nitrogen and oxygen atoms in total. The summed E-state index contributed by atoms with van der Waals surface area (Å²) in [5.74, 6) is 0.968. The van der Waals surface area contributed by atoms with Crippen molar-refractivity contribution >= 4 is 0 Å². The minimum absolute atomic E-state index is 0.456. The predicted octanol–water partition coefficient (Wildman–Crippen LogP) is 2.63. The lowest BCUT2D eigenvalue weighted by atomic mass is 9.76. The highest BCUT2D eigenvalue weighted by atomic mass is 16.5. The lowest BCUT2D eigenvalue weighted by Gasteiger charge is -2.34. The fraction of sp³-hybridized carbons (Fsp3) is 0.571. The molecule has 1 aromatic rings. The molecule has 0 aliphatic carbocycles. The van der Waals surface area contributed by atoms with Crippen LogP contribution in [0.25, 0.3) is 0 Å². The molecule has 1 saturated heterocycles. The third-order valence-corrected chi connectivity index (χ3v) is 3.58. The van der Waals surface area contributed by atoms with E-state index in [9.17, 15) is 0 Å². The highest BCUT2D eigenvalue weighted by molar-refractivity contribution is 5.29. The second kappa shape index (κ2) is 4.88. The fourth-order valence-electron chi connectivity index (χ4n) is 2.48. The Morgan fingerprint density at radius 2 is 2.06 bits per heavy atom. The third-order valence-electron chi connectivity index (χ3n) is 3.58. The molecule has 88 valence electrons. The highest BCUT2D eigenvalue weighted by Gasteiger charge is 2.26. The van der Waals surface area contributed by atoms with E-state index in [1.165, 1.54) is 18.4 Å². The van der Waals surface area contributed by atoms with Crippen LogP contribution in [0.4, 0.5) is 0 Å². The molecule has 0 saturated carbocycles. The lowest BCUT2D eigenvalue weighted by Crippen LogP contribution is -2.36. The average molecular weight is 219 g/mol. The van der Waals surface area contributed by atoms with Crippen LogP contribution in [0.3, 0.4) is 0 Å². The molecule has 16 heavy (non-hydrogen) atoms. The SMILES string of the molecule is COc1cccc(CC2(C)CCNCC2)c1. The van der Waals surface area contributed by atoms with Gasteiger partial charge in [0.25, 0.3) is 0 Å². The van der Waals surface area contributed by atoms with E-state index >= 15 is 0 Å². The van der Waals surface area contributed by atoms with Crippen LogP contribution >= 0.6 is 0 Å². The van der Waals surface area contributed by atoms with Crippen molar-refractivity contribution in [3.63, 3.8) is 0 Å². The molecule has 0 amide bonds. The standard InChI is InChI=1S/C14H21NO/c1-14(6-8-15-9-7-14)11-12-4-3-5-13(10-12)16-2/h3-5,10,15H,6-9,11H2,1-2H3. The minimum Gasteiger partial charge on any atom is -0.497 e. The smallest absolute Gasteiger partial charge is 0.119 e. The predicted molar refractivity (Wildman–Crippen MR) is 66.9 cm³/mol. The number of piperidine rings is 1. The summed E-state index contributed by atoms with van der Waals surface area (Å²) in [7, 11) is 1.73. The third kappa shape index (κ3) is 2.76. The van der Waals surface area contributed by atoms with E-state index in [1.54, 1.807) is 7.11 Å². The molecule has 0 unspecified atom stereocenters. The number of benzene rings is 1. The van der Waals surface area contributed by atoms with E-state index in [2.05, 4.69) is 30.4 Å². The van der Waals surface area contributed by atoms with Gasteiger partial charge in [0.2, 0.25) is 0 Å². The molecular weight excluding hydrogens is 198 g/mol. The van der Waals surface area contributed by atoms with E-state index in [0.29, 0.717) is 5.41 Å². The van der Waals surface area contributed by atoms with Gasteiger partial charge in [-0.15, -0.1) is 0 Å². The van der Waals surface area contributed by atoms with E-state index < -0.39 is 0 Å². The Kier molecular flexibility index (Phi) is 3.49. The zero-order valence-electron chi connectivity index (χ0n) is 10.3. The lowest BCUT2D eigenvalue weighted by molar-refractivity contribution is 0.228. The summed E-state index contributed by atoms with van der Waals surface area (Å²) in [6.45, 7) is 4.70. The van der Waals surface area contributed by atoms with Crippen LogP contribution in [0.5, 0.6) is 5.75 Å². The number of hydrogen-bond acceptors (Lipinski definition) is 2. The minimum atomic E-state index is 0.456. The van der Waals surface area contributed by atoms with Crippen molar-refractivity contribution in [1.82, 2.24) is 5.32 Å². The van der Waals surface area contributed by atoms with E-state index in [0.717, 1.165) is 25.3 Å². The van der Waals surface area contributed by atoms with Crippen LogP contribution in [0.2, 0.25) is 0 Å². The van der Waals surface area contributed by atoms with Crippen molar-refractivity contribution in [1.29, 1.82) is 0 Å². The molecule has 1 N–H and O–H groups in total. The Morgan fingerprint density at radius 3 is 2.75 bits per heavy atom. The maximum absolute atomic E-state index is 5.26. The molecule has 1 aliphatic heterocycles. The molecular formula is C14H21NO. The summed E-state index contributed by atoms with van der Waals surface area (Å²) >= 11 is 0. The summed E-state index contributed by atoms with van der Waals surface area (Å²) in [6, 6.07) is 8.45. The first-order valence-electron chi connectivity index (χ1n) is 6.06. The van der Waals surface area contributed by atoms with Gasteiger partial charge in [0, 0.05) is 0 Å². The van der Waals surface area contributed by atoms with E-state index in [4.69, 9.17) is 4.74 Å². The molecule has 2 heteroatoms. The molecule has 1 heterocycles. The summed E-state index contributed by atoms with van der Waals surface area (Å²) in [4.78, 5) is 0. The van der Waals surface area contributed by atoms with Gasteiger partial charge in [-0.1, -0.05) is 19.1 Å². The zero-order valence-corrected chi connectivity index (χ0v) is 10.3. The molecule has 1 fully saturated rings. The molecule has 0 spiro atoms. The number of ether oxygens (including phenoxy) is 1. The van der Waals surface area contributed by atoms with Gasteiger partial charge < -0.3 is 10.1 Å². The van der Waals surface area contributed by atoms with Crippen molar-refractivity contribution in [2.75, 3.05) is 20.2 Å². The zero-order chi connectivity index (χ0) is 11.4. The topological polar surface area (TPSA) is 21.3 Å². The van der Waals surface area contributed by atoms with Gasteiger partial charge in [-0.2, -0.15) is 0 Å². The van der Waals surface area contributed by atoms with Crippen LogP contribution in [0.15, 0.2) is 24.3 Å². The second-order valence-corrected chi connectivity index (χ2v) is 5.09. The maximum atomic E-state index is 5.26. The van der Waals surface area contributed by atoms with Crippen LogP contribution in [-0.4, -0.2) is 20.2 Å². The fourth-order valence-corrected chi connectivity index (χ4v) is 2.48. The molecule has 0 bridgehead atoms. The first-order chi connectivity index (χ1) is 7.72. The Hall–Kier alpha value is -1.02. The number of methoxy groups -OCH3 is 1. The summed E-state index contributed by atoms with van der Waals surface area (Å²) in [5, 5.41) is 3.42. The maximum Gasteiger partial charge on any atom is 0.119 e. The van der Waals surface area contributed by atoms with E-state index in [1.807, 2.05) is 6.07 Å². The summed E-state index contributed by atoms with van der Waals surface area (Å²) < 4.78 is 5.26. The molecule has 1 aromatic carbocycles. The summed E-state index contributed by atoms with van der Waals surface area (Å²) in [5.41, 5.74) is 1.85. The van der Waals surface area contributed by atoms with Gasteiger partial charge in [0.15, 0.2) is 0 Å². The number of hydrogen-bond donors (Lipinski definition) is 1. The molecule has 0 radical (unpaired) electrons. The van der Waals surface area contributed by atoms with Crippen molar-refractivity contribution in [2.45, 2.75) is 26.2 Å². The number of nitrogens with one attached hydrogen (secondary N) is 1. The number of rotatable bonds is 3. The molecule has 1 aliphatic rings. The van der Waals surface area contributed by atoms with Crippen LogP contribution < -0.4 is 10.1 Å². The van der Waals surface area contributed by atoms with Crippen molar-refractivity contribution in [3.8, 4) is 5.75 Å². The second-order valence-electron chi connectivity index (χ2n) is 5.09. The van der Waals surface area contributed by atoms with Gasteiger partial charge in [0.1, 0.15) is 5.75 Å². The molecule has 0 aromatic heterocycles. The quantitative estimate of drug-likeness (QED) is 0.843. The first kappa shape index (κ1) is 11.5. The van der Waals surface area contributed by atoms with Crippen LogP contribution in [-0.2, 0) is 6.42 Å². The van der Waals surface area contributed by atoms with Crippen LogP contribution in [0, 0.1) is 5.41 Å². The van der Waals surface area contributed by atoms with Gasteiger partial charge in [-0.05, 0) is 55.5 Å². The van der Waals surface area contributed by atoms with Crippen molar-refractivity contribution < 1.29 is 4.74 Å². The van der Waals surface area contributed by atoms with Gasteiger partial charge in [0.05, 0.1) is 7.11 Å². The van der Waals surface area contributed by atoms with Crippen molar-refractivity contribution in [2.24, 2.45) is 5.41 Å². The summed E-state index contributed by atoms with van der Waals surface area (Å²) in [6.07, 6.45) is 3.69. The molecule has 0 atom stereocenters. The Morgan fingerprint density at radius 1 is 1.31 bits per heavy atom. The van der Waals surface area contributed by atoms with E-state index in [-0.39, 0.29) is 0 Å². The van der Waals surface area contributed by atoms with Crippen molar-refractivity contribution in [3.05, 3.63) is 29.8 Å². The van der Waals surface area contributed by atoms with Gasteiger partial charge >= 0.3 is 0 Å². The van der Waals surface area contributed by atoms with Gasteiger partial charge in [-0.3, -0.25) is 0 Å². The monoisotopic (exact) mass is 219 g/mol. The first-order valence-corrected chi connectivity index (χ1v) is 6.06. The normalized spacial score (nSPS) is 19.4. The van der Waals surface area contributed by atoms with Crippen LogP contribution in [0.1, 0.15) is 25.3 Å². The highest BCUT2D eigenvalue weighted by Crippen LogP contribution is 2.32. The molecule has 2 rings (SSSR count). The average Bonchev–Trinajstić information content (AvgIpc) is 2.29. The van der Waals surface area contributed by atoms with Gasteiger partial charge in [-0.25, -0.2) is 0 Å². The largest absolute Gasteiger partial charge is 0.497 e. The Labute approximate surface area is 98.0 Å². The Bertz CT molecular complexity index is 342.